The molecule has 0 atom stereocenters. The maximum absolute atomic E-state index is 12.5. The van der Waals surface area contributed by atoms with Crippen LogP contribution in [0.4, 0.5) is 5.69 Å². The third-order valence-corrected chi connectivity index (χ3v) is 3.36. The monoisotopic (exact) mass is 302 g/mol. The molecule has 0 bridgehead atoms. The summed E-state index contributed by atoms with van der Waals surface area (Å²) >= 11 is 0. The summed E-state index contributed by atoms with van der Waals surface area (Å²) in [6.45, 7) is 3.32. The molecule has 2 amide bonds. The molecular weight excluding hydrogens is 284 g/mol. The molecule has 116 valence electrons. The predicted octanol–water partition coefficient (Wildman–Crippen LogP) is 1.59. The quantitative estimate of drug-likeness (QED) is 0.639. The zero-order chi connectivity index (χ0) is 16.1. The highest BCUT2D eigenvalue weighted by Crippen LogP contribution is 2.28. The fourth-order valence-corrected chi connectivity index (χ4v) is 2.01. The third-order valence-electron chi connectivity index (χ3n) is 3.36. The van der Waals surface area contributed by atoms with Gasteiger partial charge in [0.2, 0.25) is 5.91 Å². The first-order chi connectivity index (χ1) is 10.5. The third kappa shape index (κ3) is 3.94. The van der Waals surface area contributed by atoms with Crippen molar-refractivity contribution in [3.8, 4) is 0 Å². The maximum atomic E-state index is 12.5. The second-order valence-electron chi connectivity index (χ2n) is 5.01. The van der Waals surface area contributed by atoms with Crippen molar-refractivity contribution in [2.45, 2.75) is 18.9 Å². The van der Waals surface area contributed by atoms with E-state index in [1.165, 1.54) is 18.1 Å². The molecule has 0 radical (unpaired) electrons. The van der Waals surface area contributed by atoms with Gasteiger partial charge in [0.05, 0.1) is 7.11 Å². The molecule has 1 saturated carbocycles. The summed E-state index contributed by atoms with van der Waals surface area (Å²) in [5.41, 5.74) is 1.04. The summed E-state index contributed by atoms with van der Waals surface area (Å²) < 4.78 is 4.63. The van der Waals surface area contributed by atoms with Gasteiger partial charge < -0.3 is 15.0 Å². The van der Waals surface area contributed by atoms with Gasteiger partial charge in [0.25, 0.3) is 5.91 Å². The molecule has 6 nitrogen and oxygen atoms in total. The van der Waals surface area contributed by atoms with Gasteiger partial charge in [-0.25, -0.2) is 0 Å². The second kappa shape index (κ2) is 6.89. The van der Waals surface area contributed by atoms with Crippen molar-refractivity contribution >= 4 is 23.5 Å². The lowest BCUT2D eigenvalue weighted by Gasteiger charge is -2.21. The minimum Gasteiger partial charge on any atom is -0.468 e. The molecule has 0 aliphatic heterocycles. The van der Waals surface area contributed by atoms with E-state index in [0.29, 0.717) is 11.3 Å². The molecule has 1 N–H and O–H groups in total. The Morgan fingerprint density at radius 1 is 1.32 bits per heavy atom. The van der Waals surface area contributed by atoms with Crippen LogP contribution in [-0.4, -0.2) is 42.4 Å². The molecule has 0 aromatic heterocycles. The number of nitrogens with zero attached hydrogens (tertiary/aromatic N) is 1. The van der Waals surface area contributed by atoms with Crippen molar-refractivity contribution in [3.05, 3.63) is 42.5 Å². The van der Waals surface area contributed by atoms with Gasteiger partial charge in [0.15, 0.2) is 0 Å². The molecule has 1 aromatic carbocycles. The van der Waals surface area contributed by atoms with Crippen molar-refractivity contribution < 1.29 is 19.1 Å². The first-order valence-corrected chi connectivity index (χ1v) is 6.96. The van der Waals surface area contributed by atoms with Crippen LogP contribution >= 0.6 is 0 Å². The maximum Gasteiger partial charge on any atom is 0.325 e. The van der Waals surface area contributed by atoms with E-state index in [1.807, 2.05) is 0 Å². The largest absolute Gasteiger partial charge is 0.468 e. The normalized spacial score (nSPS) is 13.1. The van der Waals surface area contributed by atoms with Crippen LogP contribution in [-0.2, 0) is 14.3 Å². The number of anilines is 1. The number of ether oxygens (including phenoxy) is 1. The molecular formula is C16H18N2O4. The standard InChI is InChI=1S/C16H18N2O4/c1-3-14(19)17-12-6-4-11(5-7-12)16(21)18(13-8-9-13)10-15(20)22-2/h3-7,13H,1,8-10H2,2H3,(H,17,19). The van der Waals surface area contributed by atoms with Gasteiger partial charge >= 0.3 is 5.97 Å². The Labute approximate surface area is 128 Å². The van der Waals surface area contributed by atoms with Crippen molar-refractivity contribution in [1.29, 1.82) is 0 Å². The number of esters is 1. The first kappa shape index (κ1) is 15.8. The number of nitrogens with one attached hydrogen (secondary N) is 1. The van der Waals surface area contributed by atoms with Gasteiger partial charge in [-0.2, -0.15) is 0 Å². The highest BCUT2D eigenvalue weighted by molar-refractivity contribution is 6.00. The van der Waals surface area contributed by atoms with Crippen LogP contribution in [0.1, 0.15) is 23.2 Å². The van der Waals surface area contributed by atoms with Crippen molar-refractivity contribution in [1.82, 2.24) is 4.90 Å². The molecule has 1 fully saturated rings. The molecule has 0 heterocycles. The van der Waals surface area contributed by atoms with E-state index in [9.17, 15) is 14.4 Å². The number of hydrogen-bond acceptors (Lipinski definition) is 4. The number of benzene rings is 1. The lowest BCUT2D eigenvalue weighted by Crippen LogP contribution is -2.37. The van der Waals surface area contributed by atoms with E-state index in [0.717, 1.165) is 12.8 Å². The summed E-state index contributed by atoms with van der Waals surface area (Å²) in [4.78, 5) is 36.6. The molecule has 22 heavy (non-hydrogen) atoms. The topological polar surface area (TPSA) is 75.7 Å². The Bertz CT molecular complexity index is 591. The van der Waals surface area contributed by atoms with Crippen LogP contribution in [0.25, 0.3) is 0 Å². The summed E-state index contributed by atoms with van der Waals surface area (Å²) in [5, 5.41) is 2.61. The lowest BCUT2D eigenvalue weighted by atomic mass is 10.1. The molecule has 2 rings (SSSR count). The summed E-state index contributed by atoms with van der Waals surface area (Å²) in [6.07, 6.45) is 2.97. The zero-order valence-electron chi connectivity index (χ0n) is 12.4. The van der Waals surface area contributed by atoms with E-state index < -0.39 is 5.97 Å². The molecule has 1 aromatic rings. The van der Waals surface area contributed by atoms with Crippen molar-refractivity contribution in [2.75, 3.05) is 19.0 Å². The SMILES string of the molecule is C=CC(=O)Nc1ccc(C(=O)N(CC(=O)OC)C2CC2)cc1. The summed E-state index contributed by atoms with van der Waals surface area (Å²) in [7, 11) is 1.30. The minimum absolute atomic E-state index is 0.0467. The Morgan fingerprint density at radius 2 is 1.95 bits per heavy atom. The Hall–Kier alpha value is -2.63. The van der Waals surface area contributed by atoms with Gasteiger partial charge in [-0.05, 0) is 43.2 Å². The Morgan fingerprint density at radius 3 is 2.45 bits per heavy atom. The van der Waals surface area contributed by atoms with Crippen molar-refractivity contribution in [3.63, 3.8) is 0 Å². The predicted molar refractivity (Wildman–Crippen MR) is 81.3 cm³/mol. The van der Waals surface area contributed by atoms with Crippen molar-refractivity contribution in [2.24, 2.45) is 0 Å². The number of carbonyl (C=O) groups excluding carboxylic acids is 3. The summed E-state index contributed by atoms with van der Waals surface area (Å²) in [5.74, 6) is -0.964. The Balaban J connectivity index is 2.08. The zero-order valence-corrected chi connectivity index (χ0v) is 12.4. The van der Waals surface area contributed by atoms with Gasteiger partial charge in [0, 0.05) is 17.3 Å². The second-order valence-corrected chi connectivity index (χ2v) is 5.01. The average Bonchev–Trinajstić information content (AvgIpc) is 3.37. The van der Waals surface area contributed by atoms with Gasteiger partial charge in [-0.15, -0.1) is 0 Å². The van der Waals surface area contributed by atoms with Gasteiger partial charge in [-0.1, -0.05) is 6.58 Å². The molecule has 6 heteroatoms. The fraction of sp³-hybridized carbons (Fsp3) is 0.312. The van der Waals surface area contributed by atoms with Crippen LogP contribution < -0.4 is 5.32 Å². The minimum atomic E-state index is -0.435. The van der Waals surface area contributed by atoms with E-state index >= 15 is 0 Å². The van der Waals surface area contributed by atoms with Crippen LogP contribution in [0, 0.1) is 0 Å². The van der Waals surface area contributed by atoms with E-state index in [1.54, 1.807) is 24.3 Å². The Kier molecular flexibility index (Phi) is 4.93. The van der Waals surface area contributed by atoms with Crippen LogP contribution in [0.2, 0.25) is 0 Å². The number of rotatable bonds is 6. The number of hydrogen-bond donors (Lipinski definition) is 1. The van der Waals surface area contributed by atoms with E-state index in [2.05, 4.69) is 16.6 Å². The van der Waals surface area contributed by atoms with Gasteiger partial charge in [0.1, 0.15) is 6.54 Å². The van der Waals surface area contributed by atoms with Crippen LogP contribution in [0.3, 0.4) is 0 Å². The smallest absolute Gasteiger partial charge is 0.325 e. The van der Waals surface area contributed by atoms with Gasteiger partial charge in [-0.3, -0.25) is 14.4 Å². The molecule has 0 unspecified atom stereocenters. The van der Waals surface area contributed by atoms with E-state index in [4.69, 9.17) is 0 Å². The molecule has 0 saturated heterocycles. The molecule has 0 spiro atoms. The number of amides is 2. The molecule has 1 aliphatic rings. The number of methoxy groups -OCH3 is 1. The highest BCUT2D eigenvalue weighted by atomic mass is 16.5. The van der Waals surface area contributed by atoms with Crippen LogP contribution in [0.5, 0.6) is 0 Å². The van der Waals surface area contributed by atoms with E-state index in [-0.39, 0.29) is 24.4 Å². The lowest BCUT2D eigenvalue weighted by molar-refractivity contribution is -0.141. The van der Waals surface area contributed by atoms with Crippen LogP contribution in [0.15, 0.2) is 36.9 Å². The molecule has 1 aliphatic carbocycles. The first-order valence-electron chi connectivity index (χ1n) is 6.96. The summed E-state index contributed by atoms with van der Waals surface area (Å²) in [6, 6.07) is 6.61. The number of carbonyl (C=O) groups is 3. The highest BCUT2D eigenvalue weighted by Gasteiger charge is 2.34. The fourth-order valence-electron chi connectivity index (χ4n) is 2.01. The average molecular weight is 302 g/mol.